The Labute approximate surface area is 74.3 Å². The largest absolute Gasteiger partial charge is 2.00 e. The second-order valence-electron chi connectivity index (χ2n) is 0.529. The molecule has 0 aliphatic rings. The molecular formula is H2FeN2O9. The van der Waals surface area contributed by atoms with Gasteiger partial charge < -0.3 is 30.6 Å². The first-order valence-corrected chi connectivity index (χ1v) is 1.46. The molecule has 0 fully saturated rings. The summed E-state index contributed by atoms with van der Waals surface area (Å²) >= 11 is 0. The van der Waals surface area contributed by atoms with Crippen LogP contribution in [-0.2, 0) is 22.1 Å². The van der Waals surface area contributed by atoms with Crippen LogP contribution in [0.1, 0.15) is 0 Å². The first-order valence-electron chi connectivity index (χ1n) is 1.46. The predicted octanol–water partition coefficient (Wildman–Crippen LogP) is -0.532. The molecule has 0 aromatic heterocycles. The van der Waals surface area contributed by atoms with Crippen molar-refractivity contribution in [2.75, 3.05) is 0 Å². The second kappa shape index (κ2) is 22.6. The van der Waals surface area contributed by atoms with E-state index in [1.165, 1.54) is 0 Å². The van der Waals surface area contributed by atoms with E-state index in [0.717, 1.165) is 0 Å². The molecule has 0 bridgehead atoms. The van der Waals surface area contributed by atoms with Gasteiger partial charge in [-0.05, 0) is 0 Å². The quantitative estimate of drug-likeness (QED) is 0.239. The molecule has 74 valence electrons. The Bertz CT molecular complexity index is 80.7. The fraction of sp³-hybridized carbons (Fsp3) is 0. The zero-order chi connectivity index (χ0) is 9.86. The van der Waals surface area contributed by atoms with Crippen LogP contribution in [0.5, 0.6) is 0 Å². The molecule has 0 saturated heterocycles. The van der Waals surface area contributed by atoms with Crippen LogP contribution in [-0.4, -0.2) is 20.7 Å². The average molecular weight is 230 g/mol. The van der Waals surface area contributed by atoms with Crippen LogP contribution in [0.25, 0.3) is 0 Å². The molecule has 11 nitrogen and oxygen atoms in total. The van der Waals surface area contributed by atoms with Crippen LogP contribution >= 0.6 is 0 Å². The molecule has 2 N–H and O–H groups in total. The number of hydrogen-bond donors (Lipinski definition) is 2. The predicted molar refractivity (Wildman–Crippen MR) is 27.1 cm³/mol. The molecule has 0 rings (SSSR count). The van der Waals surface area contributed by atoms with E-state index in [1.807, 2.05) is 0 Å². The smallest absolute Gasteiger partial charge is 0.356 e. The van der Waals surface area contributed by atoms with E-state index in [4.69, 9.17) is 41.2 Å². The summed E-state index contributed by atoms with van der Waals surface area (Å²) in [5.74, 6) is 0. The van der Waals surface area contributed by atoms with Crippen LogP contribution in [0.3, 0.4) is 0 Å². The molecule has 0 radical (unpaired) electrons. The fourth-order valence-corrected chi connectivity index (χ4v) is 0. The van der Waals surface area contributed by atoms with E-state index < -0.39 is 10.2 Å². The maximum atomic E-state index is 8.25. The molecule has 0 heterocycles. The number of rotatable bonds is 0. The van der Waals surface area contributed by atoms with Crippen LogP contribution in [0.15, 0.2) is 0 Å². The fourth-order valence-electron chi connectivity index (χ4n) is 0. The van der Waals surface area contributed by atoms with Crippen LogP contribution in [0, 0.1) is 30.6 Å². The normalized spacial score (nSPS) is 5.50. The first kappa shape index (κ1) is 22.4. The van der Waals surface area contributed by atoms with Gasteiger partial charge in [-0.15, -0.1) is 0 Å². The van der Waals surface area contributed by atoms with Crippen LogP contribution in [0.4, 0.5) is 0 Å². The summed E-state index contributed by atoms with van der Waals surface area (Å²) in [7, 11) is 0. The summed E-state index contributed by atoms with van der Waals surface area (Å²) in [4.78, 5) is 16.5. The molecule has 12 heavy (non-hydrogen) atoms. The van der Waals surface area contributed by atoms with Gasteiger partial charge in [0, 0.05) is 0 Å². The summed E-state index contributed by atoms with van der Waals surface area (Å²) in [6, 6.07) is 0. The third kappa shape index (κ3) is 371. The summed E-state index contributed by atoms with van der Waals surface area (Å²) in [6.45, 7) is 0. The molecule has 0 aromatic rings. The first-order chi connectivity index (χ1) is 4.88. The zero-order valence-corrected chi connectivity index (χ0v) is 6.10. The molecule has 0 aliphatic carbocycles. The van der Waals surface area contributed by atoms with Gasteiger partial charge in [0.25, 0.3) is 0 Å². The molecule has 12 heteroatoms. The van der Waals surface area contributed by atoms with E-state index in [-0.39, 0.29) is 17.1 Å². The van der Waals surface area contributed by atoms with Gasteiger partial charge in [0.1, 0.15) is 0 Å². The van der Waals surface area contributed by atoms with Gasteiger partial charge in [0.05, 0.1) is 10.2 Å². The maximum Gasteiger partial charge on any atom is 2.00 e. The van der Waals surface area contributed by atoms with Gasteiger partial charge in [0.2, 0.25) is 0 Å². The Balaban J connectivity index is -0.0000000389. The van der Waals surface area contributed by atoms with Crippen molar-refractivity contribution in [2.45, 2.75) is 0 Å². The summed E-state index contributed by atoms with van der Waals surface area (Å²) in [5.41, 5.74) is 0. The molecule has 0 atom stereocenters. The molecule has 0 aliphatic heterocycles. The van der Waals surface area contributed by atoms with E-state index in [1.54, 1.807) is 0 Å². The molecule has 0 amide bonds. The van der Waals surface area contributed by atoms with Gasteiger partial charge in [-0.1, -0.05) is 5.04 Å². The Kier molecular flexibility index (Phi) is 42.2. The van der Waals surface area contributed by atoms with E-state index >= 15 is 0 Å². The third-order valence-electron chi connectivity index (χ3n) is 0. The molecule has 0 saturated carbocycles. The van der Waals surface area contributed by atoms with Crippen molar-refractivity contribution >= 4 is 0 Å². The van der Waals surface area contributed by atoms with Crippen molar-refractivity contribution in [3.8, 4) is 0 Å². The topological polar surface area (TPSA) is 182 Å². The van der Waals surface area contributed by atoms with E-state index in [0.29, 0.717) is 0 Å². The van der Waals surface area contributed by atoms with Gasteiger partial charge in [0.15, 0.2) is 0 Å². The SMILES string of the molecule is O=[N+]([O-])[O-].O=[N+]([O-])[O-].OOO.[Fe+2]. The standard InChI is InChI=1S/Fe.2NO3.H2O3/c;2*2-1(3)4;1-3-2/h;;;1-2H/q+2;2*-1;. The average Bonchev–Trinajstić information content (AvgIpc) is 1.60. The summed E-state index contributed by atoms with van der Waals surface area (Å²) in [6.07, 6.45) is 0. The molecule has 0 unspecified atom stereocenters. The second-order valence-corrected chi connectivity index (χ2v) is 0.529. The maximum absolute atomic E-state index is 8.25. The Morgan fingerprint density at radius 2 is 0.917 bits per heavy atom. The van der Waals surface area contributed by atoms with Crippen molar-refractivity contribution in [1.82, 2.24) is 0 Å². The summed E-state index contributed by atoms with van der Waals surface area (Å²) < 4.78 is 0. The van der Waals surface area contributed by atoms with Crippen LogP contribution < -0.4 is 0 Å². The molecule has 0 aromatic carbocycles. The molecule has 0 spiro atoms. The minimum Gasteiger partial charge on any atom is -0.356 e. The van der Waals surface area contributed by atoms with Crippen molar-refractivity contribution in [2.24, 2.45) is 0 Å². The van der Waals surface area contributed by atoms with Crippen molar-refractivity contribution in [3.05, 3.63) is 30.6 Å². The van der Waals surface area contributed by atoms with Gasteiger partial charge >= 0.3 is 17.1 Å². The van der Waals surface area contributed by atoms with E-state index in [9.17, 15) is 0 Å². The number of nitrogens with zero attached hydrogens (tertiary/aromatic N) is 2. The van der Waals surface area contributed by atoms with Gasteiger partial charge in [-0.25, -0.2) is 10.5 Å². The summed E-state index contributed by atoms with van der Waals surface area (Å²) in [5, 5.41) is 45.0. The molecular weight excluding hydrogens is 228 g/mol. The van der Waals surface area contributed by atoms with Crippen LogP contribution in [0.2, 0.25) is 0 Å². The van der Waals surface area contributed by atoms with Gasteiger partial charge in [-0.3, -0.25) is 0 Å². The van der Waals surface area contributed by atoms with Gasteiger partial charge in [-0.2, -0.15) is 0 Å². The van der Waals surface area contributed by atoms with E-state index in [2.05, 4.69) is 5.04 Å². The minimum atomic E-state index is -1.75. The third-order valence-corrected chi connectivity index (χ3v) is 0. The minimum absolute atomic E-state index is 0. The Morgan fingerprint density at radius 3 is 0.917 bits per heavy atom. The monoisotopic (exact) mass is 230 g/mol. The Morgan fingerprint density at radius 1 is 0.917 bits per heavy atom. The van der Waals surface area contributed by atoms with Crippen molar-refractivity contribution < 1.29 is 42.8 Å². The van der Waals surface area contributed by atoms with Crippen molar-refractivity contribution in [3.63, 3.8) is 0 Å². The zero-order valence-electron chi connectivity index (χ0n) is 5.00. The van der Waals surface area contributed by atoms with Crippen molar-refractivity contribution in [1.29, 1.82) is 0 Å². The Hall–Kier alpha value is -1.20. The number of hydrogen-bond acceptors (Lipinski definition) is 9.